The van der Waals surface area contributed by atoms with E-state index < -0.39 is 0 Å². The van der Waals surface area contributed by atoms with Crippen LogP contribution in [0.1, 0.15) is 40.3 Å². The minimum atomic E-state index is -0.140. The van der Waals surface area contributed by atoms with Gasteiger partial charge in [0.25, 0.3) is 5.91 Å². The molecule has 7 nitrogen and oxygen atoms in total. The molecule has 0 spiro atoms. The third-order valence-corrected chi connectivity index (χ3v) is 5.80. The molecule has 1 saturated heterocycles. The molecule has 3 aromatic rings. The minimum Gasteiger partial charge on any atom is -0.356 e. The summed E-state index contributed by atoms with van der Waals surface area (Å²) in [5.74, 6) is 1.42. The molecule has 1 amide bonds. The smallest absolute Gasteiger partial charge is 0.267 e. The van der Waals surface area contributed by atoms with Crippen LogP contribution in [0.15, 0.2) is 35.8 Å². The predicted molar refractivity (Wildman–Crippen MR) is 117 cm³/mol. The van der Waals surface area contributed by atoms with Crippen molar-refractivity contribution in [1.82, 2.24) is 15.0 Å². The van der Waals surface area contributed by atoms with Crippen molar-refractivity contribution in [3.05, 3.63) is 52.1 Å². The maximum atomic E-state index is 12.3. The molecule has 0 saturated carbocycles. The molecular formula is C21H24N6OS. The Kier molecular flexibility index (Phi) is 5.71. The molecule has 1 aromatic carbocycles. The van der Waals surface area contributed by atoms with Gasteiger partial charge in [0.05, 0.1) is 11.2 Å². The summed E-state index contributed by atoms with van der Waals surface area (Å²) in [5, 5.41) is 6.18. The largest absolute Gasteiger partial charge is 0.356 e. The molecule has 1 aliphatic heterocycles. The van der Waals surface area contributed by atoms with Crippen molar-refractivity contribution in [2.45, 2.75) is 33.1 Å². The molecule has 8 heteroatoms. The van der Waals surface area contributed by atoms with Gasteiger partial charge in [-0.1, -0.05) is 0 Å². The molecule has 3 heterocycles. The summed E-state index contributed by atoms with van der Waals surface area (Å²) in [6.07, 6.45) is 3.71. The van der Waals surface area contributed by atoms with Crippen LogP contribution in [0.2, 0.25) is 0 Å². The van der Waals surface area contributed by atoms with Crippen LogP contribution in [0.4, 0.5) is 23.1 Å². The summed E-state index contributed by atoms with van der Waals surface area (Å²) in [6.45, 7) is 5.91. The number of anilines is 4. The first-order chi connectivity index (χ1) is 14.1. The summed E-state index contributed by atoms with van der Waals surface area (Å²) >= 11 is 1.34. The topological polar surface area (TPSA) is 83.0 Å². The summed E-state index contributed by atoms with van der Waals surface area (Å²) in [4.78, 5) is 28.6. The van der Waals surface area contributed by atoms with E-state index in [9.17, 15) is 4.79 Å². The first-order valence-electron chi connectivity index (χ1n) is 9.77. The number of aryl methyl sites for hydroxylation is 2. The Morgan fingerprint density at radius 3 is 2.45 bits per heavy atom. The molecule has 0 bridgehead atoms. The molecule has 1 fully saturated rings. The summed E-state index contributed by atoms with van der Waals surface area (Å²) in [6, 6.07) is 9.56. The zero-order valence-electron chi connectivity index (χ0n) is 16.6. The van der Waals surface area contributed by atoms with E-state index in [0.29, 0.717) is 10.8 Å². The molecule has 150 valence electrons. The number of aromatic nitrogens is 3. The first kappa shape index (κ1) is 19.3. The van der Waals surface area contributed by atoms with Crippen LogP contribution >= 0.6 is 11.3 Å². The third kappa shape index (κ3) is 4.71. The number of carbonyl (C=O) groups is 1. The van der Waals surface area contributed by atoms with Crippen LogP contribution in [0.3, 0.4) is 0 Å². The van der Waals surface area contributed by atoms with Gasteiger partial charge >= 0.3 is 0 Å². The van der Waals surface area contributed by atoms with Gasteiger partial charge in [-0.25, -0.2) is 9.97 Å². The maximum absolute atomic E-state index is 12.3. The number of piperidine rings is 1. The lowest BCUT2D eigenvalue weighted by Crippen LogP contribution is -2.30. The van der Waals surface area contributed by atoms with Gasteiger partial charge in [-0.2, -0.15) is 4.98 Å². The van der Waals surface area contributed by atoms with Crippen molar-refractivity contribution in [3.63, 3.8) is 0 Å². The Bertz CT molecular complexity index is 995. The van der Waals surface area contributed by atoms with E-state index in [2.05, 4.69) is 25.5 Å². The molecule has 0 aliphatic carbocycles. The lowest BCUT2D eigenvalue weighted by Gasteiger charge is -2.28. The Balaban J connectivity index is 1.44. The second kappa shape index (κ2) is 8.57. The Hall–Kier alpha value is -3.00. The lowest BCUT2D eigenvalue weighted by atomic mass is 10.1. The highest BCUT2D eigenvalue weighted by Crippen LogP contribution is 2.23. The number of nitrogens with zero attached hydrogens (tertiary/aromatic N) is 4. The normalized spacial score (nSPS) is 13.9. The van der Waals surface area contributed by atoms with Crippen molar-refractivity contribution >= 4 is 40.4 Å². The Labute approximate surface area is 174 Å². The predicted octanol–water partition coefficient (Wildman–Crippen LogP) is 4.54. The fourth-order valence-electron chi connectivity index (χ4n) is 3.37. The first-order valence-corrected chi connectivity index (χ1v) is 10.7. The van der Waals surface area contributed by atoms with E-state index in [4.69, 9.17) is 4.98 Å². The Morgan fingerprint density at radius 2 is 1.76 bits per heavy atom. The van der Waals surface area contributed by atoms with Crippen LogP contribution < -0.4 is 15.5 Å². The molecule has 2 aromatic heterocycles. The van der Waals surface area contributed by atoms with Gasteiger partial charge in [0.2, 0.25) is 5.95 Å². The zero-order valence-corrected chi connectivity index (χ0v) is 17.4. The quantitative estimate of drug-likeness (QED) is 0.645. The second-order valence-electron chi connectivity index (χ2n) is 7.16. The van der Waals surface area contributed by atoms with Crippen molar-refractivity contribution in [2.75, 3.05) is 28.6 Å². The van der Waals surface area contributed by atoms with Crippen LogP contribution in [-0.4, -0.2) is 33.9 Å². The molecule has 4 rings (SSSR count). The van der Waals surface area contributed by atoms with Crippen molar-refractivity contribution < 1.29 is 4.79 Å². The fourth-order valence-corrected chi connectivity index (χ4v) is 4.06. The van der Waals surface area contributed by atoms with Crippen molar-refractivity contribution in [3.8, 4) is 0 Å². The number of amides is 1. The molecule has 0 radical (unpaired) electrons. The summed E-state index contributed by atoms with van der Waals surface area (Å²) < 4.78 is 0. The van der Waals surface area contributed by atoms with E-state index in [-0.39, 0.29) is 5.91 Å². The molecule has 2 N–H and O–H groups in total. The highest BCUT2D eigenvalue weighted by atomic mass is 32.1. The minimum absolute atomic E-state index is 0.140. The van der Waals surface area contributed by atoms with Gasteiger partial charge in [0, 0.05) is 36.2 Å². The highest BCUT2D eigenvalue weighted by Gasteiger charge is 2.14. The van der Waals surface area contributed by atoms with Crippen LogP contribution in [0.5, 0.6) is 0 Å². The van der Waals surface area contributed by atoms with E-state index in [0.717, 1.165) is 41.7 Å². The van der Waals surface area contributed by atoms with E-state index in [1.54, 1.807) is 5.51 Å². The van der Waals surface area contributed by atoms with Gasteiger partial charge in [-0.15, -0.1) is 11.3 Å². The second-order valence-corrected chi connectivity index (χ2v) is 8.02. The van der Waals surface area contributed by atoms with Crippen LogP contribution in [-0.2, 0) is 0 Å². The molecule has 29 heavy (non-hydrogen) atoms. The summed E-state index contributed by atoms with van der Waals surface area (Å²) in [5.41, 5.74) is 4.95. The number of hydrogen-bond acceptors (Lipinski definition) is 7. The maximum Gasteiger partial charge on any atom is 0.267 e. The lowest BCUT2D eigenvalue weighted by molar-refractivity contribution is 0.103. The molecule has 1 aliphatic rings. The van der Waals surface area contributed by atoms with Crippen LogP contribution in [0, 0.1) is 13.8 Å². The van der Waals surface area contributed by atoms with Gasteiger partial charge in [-0.05, 0) is 57.4 Å². The number of thiazole rings is 1. The molecule has 0 atom stereocenters. The molecule has 0 unspecified atom stereocenters. The van der Waals surface area contributed by atoms with Gasteiger partial charge in [0.15, 0.2) is 0 Å². The van der Waals surface area contributed by atoms with Gasteiger partial charge in [0.1, 0.15) is 10.7 Å². The molecular weight excluding hydrogens is 384 g/mol. The van der Waals surface area contributed by atoms with E-state index >= 15 is 0 Å². The average molecular weight is 409 g/mol. The van der Waals surface area contributed by atoms with Crippen molar-refractivity contribution in [1.29, 1.82) is 0 Å². The zero-order chi connectivity index (χ0) is 20.2. The monoisotopic (exact) mass is 408 g/mol. The standard InChI is InChI=1S/C21H24N6OS/c1-14-12-18(27-10-4-3-5-11-27)26-21(23-14)25-17-8-6-16(7-9-17)24-20(28)19-15(2)22-13-29-19/h6-9,12-13H,3-5,10-11H2,1-2H3,(H,24,28)(H,23,25,26). The number of rotatable bonds is 5. The number of benzene rings is 1. The number of nitrogens with one attached hydrogen (secondary N) is 2. The fraction of sp³-hybridized carbons (Fsp3) is 0.333. The number of hydrogen-bond donors (Lipinski definition) is 2. The van der Waals surface area contributed by atoms with E-state index in [1.807, 2.05) is 44.2 Å². The number of carbonyl (C=O) groups excluding carboxylic acids is 1. The highest BCUT2D eigenvalue weighted by molar-refractivity contribution is 7.12. The van der Waals surface area contributed by atoms with Gasteiger partial charge < -0.3 is 15.5 Å². The van der Waals surface area contributed by atoms with Crippen LogP contribution in [0.25, 0.3) is 0 Å². The van der Waals surface area contributed by atoms with Crippen molar-refractivity contribution in [2.24, 2.45) is 0 Å². The van der Waals surface area contributed by atoms with Gasteiger partial charge in [-0.3, -0.25) is 4.79 Å². The van der Waals surface area contributed by atoms with E-state index in [1.165, 1.54) is 30.6 Å². The summed E-state index contributed by atoms with van der Waals surface area (Å²) in [7, 11) is 0. The average Bonchev–Trinajstić information content (AvgIpc) is 3.16. The SMILES string of the molecule is Cc1cc(N2CCCCC2)nc(Nc2ccc(NC(=O)c3scnc3C)cc2)n1. The Morgan fingerprint density at radius 1 is 1.03 bits per heavy atom. The third-order valence-electron chi connectivity index (χ3n) is 4.87.